The average molecular weight is 322 g/mol. The fourth-order valence-electron chi connectivity index (χ4n) is 1.52. The molecule has 0 unspecified atom stereocenters. The fraction of sp³-hybridized carbons (Fsp3) is 0.200. The quantitative estimate of drug-likeness (QED) is 0.482. The molecule has 0 fully saturated rings. The van der Waals surface area contributed by atoms with Crippen LogP contribution < -0.4 is 5.56 Å². The van der Waals surface area contributed by atoms with Gasteiger partial charge < -0.3 is 0 Å². The van der Waals surface area contributed by atoms with Crippen molar-refractivity contribution in [3.8, 4) is 0 Å². The Bertz CT molecular complexity index is 758. The first-order valence-electron chi connectivity index (χ1n) is 4.98. The van der Waals surface area contributed by atoms with E-state index in [0.717, 1.165) is 23.1 Å². The lowest BCUT2D eigenvalue weighted by Crippen LogP contribution is -2.11. The van der Waals surface area contributed by atoms with Crippen LogP contribution in [0.5, 0.6) is 0 Å². The Labute approximate surface area is 117 Å². The van der Waals surface area contributed by atoms with Gasteiger partial charge in [-0.15, -0.1) is 11.3 Å². The lowest BCUT2D eigenvalue weighted by atomic mass is 10.1. The number of nitro groups is 1. The highest BCUT2D eigenvalue weighted by atomic mass is 32.2. The third kappa shape index (κ3) is 2.61. The summed E-state index contributed by atoms with van der Waals surface area (Å²) >= 11 is 1.91. The van der Waals surface area contributed by atoms with Crippen molar-refractivity contribution in [2.24, 2.45) is 0 Å². The third-order valence-electron chi connectivity index (χ3n) is 2.38. The Hall–Kier alpha value is -1.68. The number of nitro benzene ring substituents is 1. The third-order valence-corrected chi connectivity index (χ3v) is 4.47. The Balaban J connectivity index is 2.93. The summed E-state index contributed by atoms with van der Waals surface area (Å²) in [5.74, 6) is 0. The molecule has 1 aromatic heterocycles. The Morgan fingerprint density at radius 2 is 2.05 bits per heavy atom. The van der Waals surface area contributed by atoms with Gasteiger partial charge in [0.1, 0.15) is 4.70 Å². The van der Waals surface area contributed by atoms with Crippen molar-refractivity contribution < 1.29 is 18.1 Å². The van der Waals surface area contributed by atoms with Gasteiger partial charge in [0.05, 0.1) is 15.9 Å². The van der Waals surface area contributed by atoms with Gasteiger partial charge in [-0.05, 0) is 12.3 Å². The van der Waals surface area contributed by atoms with E-state index in [1.165, 1.54) is 0 Å². The minimum absolute atomic E-state index is 0.104. The molecule has 0 saturated heterocycles. The van der Waals surface area contributed by atoms with Gasteiger partial charge in [-0.2, -0.15) is 18.2 Å². The van der Waals surface area contributed by atoms with E-state index in [1.54, 1.807) is 6.26 Å². The van der Waals surface area contributed by atoms with Crippen molar-refractivity contribution in [3.63, 3.8) is 0 Å². The van der Waals surface area contributed by atoms with Crippen LogP contribution in [-0.4, -0.2) is 16.2 Å². The maximum atomic E-state index is 12.7. The first kappa shape index (κ1) is 14.7. The second-order valence-corrected chi connectivity index (χ2v) is 5.67. The standard InChI is InChI=1S/C10H5F3N2O3S2/c1-19-9-14-8(16)5-2-4(10(11,12)13)3-6(15(17)18)7(5)20-9/h2-3H,1H3. The second kappa shape index (κ2) is 5.02. The number of hydrogen-bond acceptors (Lipinski definition) is 6. The predicted molar refractivity (Wildman–Crippen MR) is 69.3 cm³/mol. The van der Waals surface area contributed by atoms with Gasteiger partial charge >= 0.3 is 6.18 Å². The molecular weight excluding hydrogens is 317 g/mol. The number of rotatable bonds is 2. The minimum Gasteiger partial charge on any atom is -0.267 e. The molecular formula is C10H5F3N2O3S2. The number of halogens is 3. The molecule has 1 heterocycles. The molecule has 1 aromatic carbocycles. The van der Waals surface area contributed by atoms with Gasteiger partial charge in [0.25, 0.3) is 11.2 Å². The van der Waals surface area contributed by atoms with Crippen LogP contribution in [0.2, 0.25) is 0 Å². The molecule has 0 aliphatic carbocycles. The molecule has 20 heavy (non-hydrogen) atoms. The van der Waals surface area contributed by atoms with E-state index in [4.69, 9.17) is 0 Å². The van der Waals surface area contributed by atoms with Crippen LogP contribution in [0.3, 0.4) is 0 Å². The van der Waals surface area contributed by atoms with Gasteiger partial charge in [0.2, 0.25) is 0 Å². The van der Waals surface area contributed by atoms with E-state index in [1.807, 2.05) is 0 Å². The lowest BCUT2D eigenvalue weighted by molar-refractivity contribution is -0.383. The monoisotopic (exact) mass is 322 g/mol. The van der Waals surface area contributed by atoms with Crippen LogP contribution in [0.1, 0.15) is 5.56 Å². The molecule has 2 aromatic rings. The molecule has 2 rings (SSSR count). The van der Waals surface area contributed by atoms with Gasteiger partial charge in [0.15, 0.2) is 4.34 Å². The first-order chi connectivity index (χ1) is 9.24. The molecule has 0 saturated carbocycles. The number of hydrogen-bond donors (Lipinski definition) is 0. The zero-order valence-electron chi connectivity index (χ0n) is 9.72. The fourth-order valence-corrected chi connectivity index (χ4v) is 3.07. The second-order valence-electron chi connectivity index (χ2n) is 3.62. The summed E-state index contributed by atoms with van der Waals surface area (Å²) in [6, 6.07) is 1.03. The molecule has 106 valence electrons. The summed E-state index contributed by atoms with van der Waals surface area (Å²) in [4.78, 5) is 25.3. The van der Waals surface area contributed by atoms with Gasteiger partial charge in [-0.25, -0.2) is 0 Å². The molecule has 0 aliphatic rings. The molecule has 0 aliphatic heterocycles. The van der Waals surface area contributed by atoms with Gasteiger partial charge in [-0.3, -0.25) is 14.9 Å². The molecule has 0 spiro atoms. The number of fused-ring (bicyclic) bond motifs is 1. The number of nitrogens with zero attached hydrogens (tertiary/aromatic N) is 2. The van der Waals surface area contributed by atoms with Crippen molar-refractivity contribution in [2.75, 3.05) is 6.26 Å². The van der Waals surface area contributed by atoms with E-state index in [0.29, 0.717) is 12.1 Å². The molecule has 0 bridgehead atoms. The molecule has 5 nitrogen and oxygen atoms in total. The number of benzene rings is 1. The van der Waals surface area contributed by atoms with Gasteiger partial charge in [-0.1, -0.05) is 11.8 Å². The maximum Gasteiger partial charge on any atom is 0.416 e. The topological polar surface area (TPSA) is 73.1 Å². The number of thioether (sulfide) groups is 1. The lowest BCUT2D eigenvalue weighted by Gasteiger charge is -2.08. The van der Waals surface area contributed by atoms with E-state index >= 15 is 0 Å². The summed E-state index contributed by atoms with van der Waals surface area (Å²) < 4.78 is 38.2. The summed E-state index contributed by atoms with van der Waals surface area (Å²) in [6.45, 7) is 0. The van der Waals surface area contributed by atoms with Crippen LogP contribution in [-0.2, 0) is 6.18 Å². The van der Waals surface area contributed by atoms with Crippen LogP contribution in [0.25, 0.3) is 10.1 Å². The van der Waals surface area contributed by atoms with E-state index in [9.17, 15) is 28.1 Å². The highest BCUT2D eigenvalue weighted by molar-refractivity contribution is 8.00. The van der Waals surface area contributed by atoms with Crippen LogP contribution >= 0.6 is 23.1 Å². The molecule has 0 amide bonds. The van der Waals surface area contributed by atoms with Crippen molar-refractivity contribution in [3.05, 3.63) is 38.2 Å². The minimum atomic E-state index is -4.77. The highest BCUT2D eigenvalue weighted by Gasteiger charge is 2.34. The zero-order valence-corrected chi connectivity index (χ0v) is 11.4. The van der Waals surface area contributed by atoms with Crippen LogP contribution in [0.4, 0.5) is 18.9 Å². The number of non-ortho nitro benzene ring substituents is 1. The predicted octanol–water partition coefficient (Wildman–Crippen LogP) is 3.31. The van der Waals surface area contributed by atoms with E-state index in [2.05, 4.69) is 4.98 Å². The van der Waals surface area contributed by atoms with Crippen LogP contribution in [0, 0.1) is 10.1 Å². The van der Waals surface area contributed by atoms with Gasteiger partial charge in [0, 0.05) is 6.07 Å². The molecule has 0 N–H and O–H groups in total. The number of alkyl halides is 3. The van der Waals surface area contributed by atoms with Crippen molar-refractivity contribution >= 4 is 38.9 Å². The first-order valence-corrected chi connectivity index (χ1v) is 7.02. The van der Waals surface area contributed by atoms with Crippen molar-refractivity contribution in [1.29, 1.82) is 0 Å². The summed E-state index contributed by atoms with van der Waals surface area (Å²) in [7, 11) is 0. The number of aromatic nitrogens is 1. The smallest absolute Gasteiger partial charge is 0.267 e. The molecule has 10 heteroatoms. The molecule has 0 radical (unpaired) electrons. The SMILES string of the molecule is CSc1nc(=O)c2cc(C(F)(F)F)cc([N+](=O)[O-])c2s1. The Kier molecular flexibility index (Phi) is 3.69. The zero-order chi connectivity index (χ0) is 15.1. The maximum absolute atomic E-state index is 12.7. The summed E-state index contributed by atoms with van der Waals surface area (Å²) in [5, 5.41) is 10.5. The molecule has 0 atom stereocenters. The van der Waals surface area contributed by atoms with E-state index < -0.39 is 33.3 Å². The van der Waals surface area contributed by atoms with Crippen molar-refractivity contribution in [2.45, 2.75) is 10.5 Å². The normalized spacial score (nSPS) is 11.8. The Morgan fingerprint density at radius 1 is 1.40 bits per heavy atom. The van der Waals surface area contributed by atoms with Crippen molar-refractivity contribution in [1.82, 2.24) is 4.98 Å². The van der Waals surface area contributed by atoms with Crippen LogP contribution in [0.15, 0.2) is 21.3 Å². The largest absolute Gasteiger partial charge is 0.416 e. The average Bonchev–Trinajstić information content (AvgIpc) is 2.36. The summed E-state index contributed by atoms with van der Waals surface area (Å²) in [5.41, 5.74) is -2.88. The highest BCUT2D eigenvalue weighted by Crippen LogP contribution is 2.37. The summed E-state index contributed by atoms with van der Waals surface area (Å²) in [6.07, 6.45) is -3.16. The van der Waals surface area contributed by atoms with E-state index in [-0.39, 0.29) is 9.04 Å². The Morgan fingerprint density at radius 3 is 2.55 bits per heavy atom.